The molecule has 0 atom stereocenters. The summed E-state index contributed by atoms with van der Waals surface area (Å²) in [7, 11) is 0. The number of piperazine rings is 1. The van der Waals surface area contributed by atoms with Gasteiger partial charge in [0.1, 0.15) is 5.82 Å². The lowest BCUT2D eigenvalue weighted by atomic mass is 10.1. The second-order valence-corrected chi connectivity index (χ2v) is 6.32. The Balaban J connectivity index is 2.24. The number of anilines is 1. The third-order valence-corrected chi connectivity index (χ3v) is 3.87. The number of aliphatic imine (C=N–C) groups is 1. The average Bonchev–Trinajstić information content (AvgIpc) is 2.54. The molecule has 1 heterocycles. The van der Waals surface area contributed by atoms with Crippen LogP contribution < -0.4 is 10.2 Å². The Morgan fingerprint density at radius 2 is 2.04 bits per heavy atom. The number of carbonyl (C=O) groups excluding carboxylic acids is 1. The fourth-order valence-corrected chi connectivity index (χ4v) is 2.53. The molecule has 1 aromatic carbocycles. The third kappa shape index (κ3) is 4.76. The van der Waals surface area contributed by atoms with Gasteiger partial charge in [0.05, 0.1) is 5.69 Å². The maximum absolute atomic E-state index is 14.1. The molecular formula is C17H24FN4O3+. The number of halogens is 1. The molecule has 1 fully saturated rings. The molecule has 0 spiro atoms. The molecule has 0 saturated carbocycles. The molecule has 0 unspecified atom stereocenters. The minimum absolute atomic E-state index is 0.179. The van der Waals surface area contributed by atoms with E-state index >= 15 is 0 Å². The van der Waals surface area contributed by atoms with Gasteiger partial charge in [-0.1, -0.05) is 0 Å². The van der Waals surface area contributed by atoms with Gasteiger partial charge in [-0.05, 0) is 32.0 Å². The molecule has 25 heavy (non-hydrogen) atoms. The number of esters is 1. The number of nitrogens with one attached hydrogen (secondary N) is 2. The molecule has 7 nitrogen and oxygen atoms in total. The van der Waals surface area contributed by atoms with Crippen molar-refractivity contribution >= 4 is 23.4 Å². The zero-order valence-corrected chi connectivity index (χ0v) is 14.6. The maximum Gasteiger partial charge on any atom is 0.377 e. The second kappa shape index (κ2) is 7.60. The first-order chi connectivity index (χ1) is 11.7. The molecule has 1 saturated heterocycles. The van der Waals surface area contributed by atoms with Gasteiger partial charge in [-0.3, -0.25) is 10.2 Å². The van der Waals surface area contributed by atoms with Crippen LogP contribution in [0.25, 0.3) is 0 Å². The van der Waals surface area contributed by atoms with Gasteiger partial charge in [0.2, 0.25) is 5.60 Å². The number of rotatable bonds is 4. The summed E-state index contributed by atoms with van der Waals surface area (Å²) in [5, 5.41) is 19.3. The monoisotopic (exact) mass is 351 g/mol. The molecule has 4 N–H and O–H groups in total. The van der Waals surface area contributed by atoms with Gasteiger partial charge in [0.25, 0.3) is 0 Å². The molecule has 0 aromatic heterocycles. The Labute approximate surface area is 146 Å². The van der Waals surface area contributed by atoms with Gasteiger partial charge in [0, 0.05) is 38.7 Å². The van der Waals surface area contributed by atoms with E-state index in [2.05, 4.69) is 10.3 Å². The van der Waals surface area contributed by atoms with E-state index in [0.717, 1.165) is 13.1 Å². The molecule has 8 heteroatoms. The Kier molecular flexibility index (Phi) is 5.73. The van der Waals surface area contributed by atoms with Crippen LogP contribution in [0, 0.1) is 11.2 Å². The highest BCUT2D eigenvalue weighted by atomic mass is 19.1. The SMILES string of the molecule is CC(=O)OC(C)(C)C([OH2+])=NC(=N)c1ccc(F)c(N2CCNCC2)c1. The summed E-state index contributed by atoms with van der Waals surface area (Å²) in [6.45, 7) is 7.22. The predicted molar refractivity (Wildman–Crippen MR) is 95.2 cm³/mol. The first kappa shape index (κ1) is 18.9. The number of amidine groups is 1. The van der Waals surface area contributed by atoms with Crippen LogP contribution in [-0.2, 0) is 9.53 Å². The number of carbonyl (C=O) groups is 1. The molecule has 1 aliphatic heterocycles. The summed E-state index contributed by atoms with van der Waals surface area (Å²) in [6, 6.07) is 4.33. The van der Waals surface area contributed by atoms with Gasteiger partial charge in [0.15, 0.2) is 5.84 Å². The van der Waals surface area contributed by atoms with Gasteiger partial charge >= 0.3 is 11.9 Å². The second-order valence-electron chi connectivity index (χ2n) is 6.32. The first-order valence-corrected chi connectivity index (χ1v) is 8.05. The standard InChI is InChI=1S/C17H23FN4O3/c1-11(23)25-17(2,3)16(24)21-15(19)12-4-5-13(18)14(10-12)22-8-6-20-7-9-22/h4-5,10,20H,6-9H2,1-3H3,(H2,19,21,24)/p+1. The summed E-state index contributed by atoms with van der Waals surface area (Å²) in [5.41, 5.74) is -0.414. The van der Waals surface area contributed by atoms with E-state index in [1.54, 1.807) is 6.07 Å². The van der Waals surface area contributed by atoms with Gasteiger partial charge in [-0.15, -0.1) is 4.99 Å². The van der Waals surface area contributed by atoms with Gasteiger partial charge < -0.3 is 20.1 Å². The van der Waals surface area contributed by atoms with Crippen LogP contribution in [0.15, 0.2) is 23.2 Å². The van der Waals surface area contributed by atoms with Crippen LogP contribution in [0.1, 0.15) is 26.3 Å². The van der Waals surface area contributed by atoms with E-state index in [-0.39, 0.29) is 17.6 Å². The maximum atomic E-state index is 14.1. The van der Waals surface area contributed by atoms with Crippen molar-refractivity contribution < 1.29 is 19.0 Å². The largest absolute Gasteiger partial charge is 0.579 e. The van der Waals surface area contributed by atoms with Crippen LogP contribution in [0.5, 0.6) is 0 Å². The number of nitrogens with zero attached hydrogens (tertiary/aromatic N) is 2. The third-order valence-electron chi connectivity index (χ3n) is 3.87. The van der Waals surface area contributed by atoms with Crippen LogP contribution in [-0.4, -0.2) is 54.6 Å². The predicted octanol–water partition coefficient (Wildman–Crippen LogP) is 1.03. The van der Waals surface area contributed by atoms with Crippen molar-refractivity contribution in [1.82, 2.24) is 5.32 Å². The average molecular weight is 351 g/mol. The van der Waals surface area contributed by atoms with Crippen LogP contribution in [0.3, 0.4) is 0 Å². The van der Waals surface area contributed by atoms with E-state index in [1.807, 2.05) is 4.90 Å². The van der Waals surface area contributed by atoms with E-state index in [4.69, 9.17) is 15.3 Å². The lowest BCUT2D eigenvalue weighted by Crippen LogP contribution is -2.43. The minimum Gasteiger partial charge on any atom is -0.579 e. The van der Waals surface area contributed by atoms with Crippen molar-refractivity contribution in [2.75, 3.05) is 31.1 Å². The Hall–Kier alpha value is -2.48. The summed E-state index contributed by atoms with van der Waals surface area (Å²) in [4.78, 5) is 16.9. The van der Waals surface area contributed by atoms with Crippen LogP contribution in [0.4, 0.5) is 10.1 Å². The highest BCUT2D eigenvalue weighted by molar-refractivity contribution is 6.05. The molecule has 1 aromatic rings. The molecular weight excluding hydrogens is 327 g/mol. The number of hydrogen-bond donors (Lipinski definition) is 2. The van der Waals surface area contributed by atoms with Crippen molar-refractivity contribution in [2.24, 2.45) is 4.99 Å². The van der Waals surface area contributed by atoms with E-state index in [0.29, 0.717) is 24.3 Å². The molecule has 0 bridgehead atoms. The lowest BCUT2D eigenvalue weighted by Gasteiger charge is -2.30. The fraction of sp³-hybridized carbons (Fsp3) is 0.471. The Morgan fingerprint density at radius 3 is 2.64 bits per heavy atom. The minimum atomic E-state index is -1.24. The van der Waals surface area contributed by atoms with Gasteiger partial charge in [-0.25, -0.2) is 4.39 Å². The molecule has 136 valence electrons. The highest BCUT2D eigenvalue weighted by Crippen LogP contribution is 2.22. The molecule has 2 rings (SSSR count). The normalized spacial score (nSPS) is 15.8. The van der Waals surface area contributed by atoms with E-state index in [1.165, 1.54) is 32.9 Å². The Bertz CT molecular complexity index is 697. The smallest absolute Gasteiger partial charge is 0.377 e. The molecule has 0 aliphatic carbocycles. The zero-order chi connectivity index (χ0) is 18.6. The molecule has 0 radical (unpaired) electrons. The fourth-order valence-electron chi connectivity index (χ4n) is 2.53. The molecule has 0 amide bonds. The van der Waals surface area contributed by atoms with Crippen molar-refractivity contribution in [2.45, 2.75) is 26.4 Å². The van der Waals surface area contributed by atoms with Crippen molar-refractivity contribution in [1.29, 1.82) is 5.41 Å². The van der Waals surface area contributed by atoms with Crippen molar-refractivity contribution in [3.63, 3.8) is 0 Å². The number of hydrogen-bond acceptors (Lipinski definition) is 5. The van der Waals surface area contributed by atoms with E-state index < -0.39 is 11.6 Å². The van der Waals surface area contributed by atoms with Crippen LogP contribution >= 0.6 is 0 Å². The highest BCUT2D eigenvalue weighted by Gasteiger charge is 2.34. The zero-order valence-electron chi connectivity index (χ0n) is 14.6. The quantitative estimate of drug-likeness (QED) is 0.366. The topological polar surface area (TPSA) is 101 Å². The van der Waals surface area contributed by atoms with Gasteiger partial charge in [-0.2, -0.15) is 0 Å². The summed E-state index contributed by atoms with van der Waals surface area (Å²) in [6.07, 6.45) is 0. The lowest BCUT2D eigenvalue weighted by molar-refractivity contribution is -0.149. The van der Waals surface area contributed by atoms with E-state index in [9.17, 15) is 9.18 Å². The number of ether oxygens (including phenoxy) is 1. The van der Waals surface area contributed by atoms with Crippen molar-refractivity contribution in [3.8, 4) is 0 Å². The summed E-state index contributed by atoms with van der Waals surface area (Å²) in [5.74, 6) is -1.31. The van der Waals surface area contributed by atoms with Crippen LogP contribution in [0.2, 0.25) is 0 Å². The summed E-state index contributed by atoms with van der Waals surface area (Å²) < 4.78 is 19.2. The molecule has 1 aliphatic rings. The first-order valence-electron chi connectivity index (χ1n) is 8.05. The Morgan fingerprint density at radius 1 is 1.40 bits per heavy atom. The van der Waals surface area contributed by atoms with Crippen molar-refractivity contribution in [3.05, 3.63) is 29.6 Å². The number of benzene rings is 1. The summed E-state index contributed by atoms with van der Waals surface area (Å²) >= 11 is 0.